The third-order valence-electron chi connectivity index (χ3n) is 3.32. The zero-order valence-corrected chi connectivity index (χ0v) is 13.2. The molecule has 0 radical (unpaired) electrons. The van der Waals surface area contributed by atoms with Crippen molar-refractivity contribution in [3.63, 3.8) is 0 Å². The predicted octanol–water partition coefficient (Wildman–Crippen LogP) is 4.73. The van der Waals surface area contributed by atoms with Crippen LogP contribution in [0.25, 0.3) is 0 Å². The van der Waals surface area contributed by atoms with Crippen LogP contribution in [0.1, 0.15) is 16.0 Å². The molecule has 2 aromatic carbocycles. The fraction of sp³-hybridized carbons (Fsp3) is 0.0625. The first-order chi connectivity index (χ1) is 10.1. The summed E-state index contributed by atoms with van der Waals surface area (Å²) >= 11 is 13.2. The van der Waals surface area contributed by atoms with E-state index in [1.165, 1.54) is 11.5 Å². The Hall–Kier alpha value is -1.39. The van der Waals surface area contributed by atoms with Gasteiger partial charge in [-0.25, -0.2) is 4.37 Å². The number of nitrogens with zero attached hydrogens (tertiary/aromatic N) is 1. The van der Waals surface area contributed by atoms with Crippen molar-refractivity contribution in [2.75, 3.05) is 0 Å². The van der Waals surface area contributed by atoms with E-state index in [-0.39, 0.29) is 0 Å². The van der Waals surface area contributed by atoms with Crippen molar-refractivity contribution in [1.29, 1.82) is 0 Å². The summed E-state index contributed by atoms with van der Waals surface area (Å²) in [5.41, 5.74) is 0.202. The highest BCUT2D eigenvalue weighted by Gasteiger charge is 2.35. The van der Waals surface area contributed by atoms with Gasteiger partial charge in [0, 0.05) is 16.2 Å². The molecule has 2 nitrogen and oxygen atoms in total. The maximum Gasteiger partial charge on any atom is 0.151 e. The van der Waals surface area contributed by atoms with E-state index in [2.05, 4.69) is 4.37 Å². The van der Waals surface area contributed by atoms with E-state index in [1.807, 2.05) is 30.3 Å². The van der Waals surface area contributed by atoms with Gasteiger partial charge in [0.2, 0.25) is 0 Å². The Morgan fingerprint density at radius 1 is 0.810 bits per heavy atom. The van der Waals surface area contributed by atoms with E-state index in [4.69, 9.17) is 23.2 Å². The molecule has 1 aromatic heterocycles. The third-order valence-corrected chi connectivity index (χ3v) is 4.68. The van der Waals surface area contributed by atoms with Gasteiger partial charge in [-0.1, -0.05) is 47.5 Å². The van der Waals surface area contributed by atoms with Crippen LogP contribution in [0.15, 0.2) is 60.8 Å². The third kappa shape index (κ3) is 2.70. The van der Waals surface area contributed by atoms with Crippen LogP contribution in [-0.4, -0.2) is 9.48 Å². The lowest BCUT2D eigenvalue weighted by atomic mass is 9.85. The minimum absolute atomic E-state index is 0.626. The van der Waals surface area contributed by atoms with Crippen LogP contribution < -0.4 is 0 Å². The van der Waals surface area contributed by atoms with E-state index in [9.17, 15) is 5.11 Å². The first-order valence-electron chi connectivity index (χ1n) is 6.26. The Morgan fingerprint density at radius 3 is 1.67 bits per heavy atom. The summed E-state index contributed by atoms with van der Waals surface area (Å²) in [4.78, 5) is 0.743. The zero-order chi connectivity index (χ0) is 14.9. The highest BCUT2D eigenvalue weighted by atomic mass is 35.5. The number of aliphatic hydroxyl groups is 1. The Balaban J connectivity index is 2.20. The second kappa shape index (κ2) is 5.78. The standard InChI is InChI=1S/C16H11Cl2NOS/c17-13-5-1-11(2-6-13)16(20,15-9-10-19-21-15)12-3-7-14(18)8-4-12/h1-10,20H. The lowest BCUT2D eigenvalue weighted by molar-refractivity contribution is 0.129. The number of rotatable bonds is 3. The largest absolute Gasteiger partial charge is 0.375 e. The van der Waals surface area contributed by atoms with Crippen LogP contribution in [0.2, 0.25) is 10.0 Å². The van der Waals surface area contributed by atoms with Crippen LogP contribution in [-0.2, 0) is 5.60 Å². The minimum atomic E-state index is -1.27. The fourth-order valence-electron chi connectivity index (χ4n) is 2.24. The Bertz CT molecular complexity index is 678. The van der Waals surface area contributed by atoms with Gasteiger partial charge in [-0.2, -0.15) is 0 Å². The summed E-state index contributed by atoms with van der Waals surface area (Å²) in [6.45, 7) is 0. The zero-order valence-electron chi connectivity index (χ0n) is 10.8. The molecule has 0 atom stereocenters. The van der Waals surface area contributed by atoms with Gasteiger partial charge in [0.25, 0.3) is 0 Å². The number of halogens is 2. The average Bonchev–Trinajstić information content (AvgIpc) is 3.02. The summed E-state index contributed by atoms with van der Waals surface area (Å²) in [5.74, 6) is 0. The van der Waals surface area contributed by atoms with Gasteiger partial charge in [0.1, 0.15) is 0 Å². The van der Waals surface area contributed by atoms with E-state index in [0.717, 1.165) is 16.0 Å². The molecule has 3 rings (SSSR count). The molecule has 1 heterocycles. The summed E-state index contributed by atoms with van der Waals surface area (Å²) < 4.78 is 4.10. The topological polar surface area (TPSA) is 33.1 Å². The fourth-order valence-corrected chi connectivity index (χ4v) is 3.21. The van der Waals surface area contributed by atoms with Crippen molar-refractivity contribution in [3.05, 3.63) is 86.8 Å². The van der Waals surface area contributed by atoms with Crippen LogP contribution >= 0.6 is 34.7 Å². The highest BCUT2D eigenvalue weighted by molar-refractivity contribution is 7.05. The molecule has 21 heavy (non-hydrogen) atoms. The summed E-state index contributed by atoms with van der Waals surface area (Å²) in [7, 11) is 0. The molecule has 0 fully saturated rings. The average molecular weight is 336 g/mol. The van der Waals surface area contributed by atoms with Crippen molar-refractivity contribution < 1.29 is 5.11 Å². The van der Waals surface area contributed by atoms with Crippen LogP contribution in [0, 0.1) is 0 Å². The lowest BCUT2D eigenvalue weighted by Gasteiger charge is -2.28. The maximum absolute atomic E-state index is 11.4. The molecule has 0 amide bonds. The minimum Gasteiger partial charge on any atom is -0.375 e. The van der Waals surface area contributed by atoms with Crippen molar-refractivity contribution in [1.82, 2.24) is 4.37 Å². The molecule has 0 aliphatic rings. The molecule has 106 valence electrons. The molecular weight excluding hydrogens is 325 g/mol. The first kappa shape index (κ1) is 14.5. The van der Waals surface area contributed by atoms with Gasteiger partial charge in [-0.05, 0) is 53.0 Å². The monoisotopic (exact) mass is 335 g/mol. The highest BCUT2D eigenvalue weighted by Crippen LogP contribution is 2.38. The van der Waals surface area contributed by atoms with Crippen LogP contribution in [0.5, 0.6) is 0 Å². The number of hydrogen-bond acceptors (Lipinski definition) is 3. The van der Waals surface area contributed by atoms with E-state index in [1.54, 1.807) is 30.5 Å². The molecule has 0 aliphatic carbocycles. The molecule has 5 heteroatoms. The van der Waals surface area contributed by atoms with Crippen molar-refractivity contribution >= 4 is 34.7 Å². The molecule has 0 bridgehead atoms. The van der Waals surface area contributed by atoms with Crippen molar-refractivity contribution in [2.24, 2.45) is 0 Å². The molecule has 0 spiro atoms. The van der Waals surface area contributed by atoms with Crippen molar-refractivity contribution in [2.45, 2.75) is 5.60 Å². The van der Waals surface area contributed by atoms with E-state index in [0.29, 0.717) is 10.0 Å². The summed E-state index contributed by atoms with van der Waals surface area (Å²) in [6, 6.07) is 16.1. The van der Waals surface area contributed by atoms with Gasteiger partial charge in [0.05, 0.1) is 4.88 Å². The summed E-state index contributed by atoms with van der Waals surface area (Å²) in [5, 5.41) is 12.6. The maximum atomic E-state index is 11.4. The molecule has 3 aromatic rings. The quantitative estimate of drug-likeness (QED) is 0.750. The first-order valence-corrected chi connectivity index (χ1v) is 7.79. The second-order valence-corrected chi connectivity index (χ2v) is 6.31. The number of aromatic nitrogens is 1. The Labute approximate surface area is 136 Å². The molecule has 0 saturated heterocycles. The van der Waals surface area contributed by atoms with Crippen LogP contribution in [0.4, 0.5) is 0 Å². The molecule has 0 saturated carbocycles. The van der Waals surface area contributed by atoms with Gasteiger partial charge in [-0.3, -0.25) is 0 Å². The Morgan fingerprint density at radius 2 is 1.29 bits per heavy atom. The number of hydrogen-bond donors (Lipinski definition) is 1. The van der Waals surface area contributed by atoms with E-state index < -0.39 is 5.60 Å². The van der Waals surface area contributed by atoms with Gasteiger partial charge < -0.3 is 5.11 Å². The van der Waals surface area contributed by atoms with Crippen LogP contribution in [0.3, 0.4) is 0 Å². The second-order valence-electron chi connectivity index (χ2n) is 4.60. The Kier molecular flexibility index (Phi) is 4.00. The van der Waals surface area contributed by atoms with Gasteiger partial charge >= 0.3 is 0 Å². The molecule has 0 unspecified atom stereocenters. The van der Waals surface area contributed by atoms with Gasteiger partial charge in [-0.15, -0.1) is 0 Å². The smallest absolute Gasteiger partial charge is 0.151 e. The summed E-state index contributed by atoms with van der Waals surface area (Å²) in [6.07, 6.45) is 1.68. The molecule has 0 aliphatic heterocycles. The molecule has 1 N–H and O–H groups in total. The predicted molar refractivity (Wildman–Crippen MR) is 87.1 cm³/mol. The van der Waals surface area contributed by atoms with Gasteiger partial charge in [0.15, 0.2) is 5.60 Å². The lowest BCUT2D eigenvalue weighted by Crippen LogP contribution is -2.27. The van der Waals surface area contributed by atoms with Crippen molar-refractivity contribution in [3.8, 4) is 0 Å². The normalized spacial score (nSPS) is 11.6. The molecular formula is C16H11Cl2NOS. The number of benzene rings is 2. The SMILES string of the molecule is OC(c1ccc(Cl)cc1)(c1ccc(Cl)cc1)c1ccns1. The van der Waals surface area contributed by atoms with E-state index >= 15 is 0 Å².